The van der Waals surface area contributed by atoms with Crippen LogP contribution in [0.25, 0.3) is 0 Å². The lowest BCUT2D eigenvalue weighted by Gasteiger charge is -2.35. The zero-order valence-electron chi connectivity index (χ0n) is 27.1. The van der Waals surface area contributed by atoms with E-state index in [1.165, 1.54) is 161 Å². The van der Waals surface area contributed by atoms with Crippen LogP contribution in [0.2, 0.25) is 0 Å². The molecule has 4 heteroatoms. The molecule has 0 aromatic heterocycles. The second-order valence-corrected chi connectivity index (χ2v) is 12.9. The van der Waals surface area contributed by atoms with Crippen LogP contribution >= 0.6 is 0 Å². The molecule has 0 radical (unpaired) electrons. The molecule has 4 nitrogen and oxygen atoms in total. The molecule has 0 aliphatic carbocycles. The maximum atomic E-state index is 10.8. The topological polar surface area (TPSA) is 74.6 Å². The Morgan fingerprint density at radius 2 is 0.600 bits per heavy atom. The Balaban J connectivity index is 4.87. The van der Waals surface area contributed by atoms with Crippen molar-refractivity contribution in [3.05, 3.63) is 0 Å². The standard InChI is InChI=1S/C36H70O4/c1-3-5-7-9-11-13-19-25-31-36(30-24-18-12-10-8-6-4-2,32-26-20-14-16-22-28-34(37)38)33-27-21-15-17-23-29-35(39)40/h3-33H2,1-2H3,(H,37,38)(H,39,40). The number of unbranched alkanes of at least 4 members (excludes halogenated alkanes) is 21. The first kappa shape index (κ1) is 38.9. The van der Waals surface area contributed by atoms with Crippen LogP contribution < -0.4 is 0 Å². The summed E-state index contributed by atoms with van der Waals surface area (Å²) in [6, 6.07) is 0. The molecule has 0 spiro atoms. The highest BCUT2D eigenvalue weighted by molar-refractivity contribution is 5.66. The van der Waals surface area contributed by atoms with Gasteiger partial charge in [-0.1, -0.05) is 162 Å². The molecule has 238 valence electrons. The first-order chi connectivity index (χ1) is 19.5. The van der Waals surface area contributed by atoms with Crippen molar-refractivity contribution in [2.75, 3.05) is 0 Å². The van der Waals surface area contributed by atoms with E-state index in [1.807, 2.05) is 0 Å². The highest BCUT2D eigenvalue weighted by Gasteiger charge is 2.28. The van der Waals surface area contributed by atoms with Crippen molar-refractivity contribution < 1.29 is 19.8 Å². The molecular weight excluding hydrogens is 496 g/mol. The van der Waals surface area contributed by atoms with E-state index in [-0.39, 0.29) is 0 Å². The summed E-state index contributed by atoms with van der Waals surface area (Å²) in [5.74, 6) is -1.33. The third-order valence-electron chi connectivity index (χ3n) is 9.07. The van der Waals surface area contributed by atoms with E-state index in [1.54, 1.807) is 0 Å². The number of carboxylic acid groups (broad SMARTS) is 2. The molecule has 0 aromatic rings. The Morgan fingerprint density at radius 1 is 0.375 bits per heavy atom. The summed E-state index contributed by atoms with van der Waals surface area (Å²) >= 11 is 0. The average Bonchev–Trinajstić information content (AvgIpc) is 2.92. The van der Waals surface area contributed by atoms with Crippen LogP contribution in [0.15, 0.2) is 0 Å². The third-order valence-corrected chi connectivity index (χ3v) is 9.07. The van der Waals surface area contributed by atoms with Crippen LogP contribution in [0.5, 0.6) is 0 Å². The lowest BCUT2D eigenvalue weighted by atomic mass is 9.70. The van der Waals surface area contributed by atoms with Gasteiger partial charge < -0.3 is 10.2 Å². The molecule has 2 N–H and O–H groups in total. The zero-order valence-corrected chi connectivity index (χ0v) is 27.1. The van der Waals surface area contributed by atoms with Gasteiger partial charge in [-0.15, -0.1) is 0 Å². The van der Waals surface area contributed by atoms with Gasteiger partial charge in [-0.25, -0.2) is 0 Å². The van der Waals surface area contributed by atoms with Gasteiger partial charge in [-0.05, 0) is 43.9 Å². The Bertz CT molecular complexity index is 531. The molecule has 0 rings (SSSR count). The van der Waals surface area contributed by atoms with Gasteiger partial charge in [0, 0.05) is 12.8 Å². The highest BCUT2D eigenvalue weighted by atomic mass is 16.4. The molecule has 0 atom stereocenters. The smallest absolute Gasteiger partial charge is 0.303 e. The molecule has 0 saturated carbocycles. The van der Waals surface area contributed by atoms with E-state index in [9.17, 15) is 9.59 Å². The van der Waals surface area contributed by atoms with Gasteiger partial charge in [-0.2, -0.15) is 0 Å². The van der Waals surface area contributed by atoms with Crippen LogP contribution in [-0.4, -0.2) is 22.2 Å². The maximum absolute atomic E-state index is 10.8. The quantitative estimate of drug-likeness (QED) is 0.0775. The maximum Gasteiger partial charge on any atom is 0.303 e. The van der Waals surface area contributed by atoms with E-state index < -0.39 is 11.9 Å². The van der Waals surface area contributed by atoms with E-state index >= 15 is 0 Å². The Labute approximate surface area is 249 Å². The number of hydrogen-bond acceptors (Lipinski definition) is 2. The summed E-state index contributed by atoms with van der Waals surface area (Å²) in [4.78, 5) is 21.6. The van der Waals surface area contributed by atoms with Crippen LogP contribution in [-0.2, 0) is 9.59 Å². The SMILES string of the molecule is CCCCCCCCCCC(CCCCCCCCC)(CCCCCCCC(=O)O)CCCCCCCC(=O)O. The number of aliphatic carboxylic acids is 2. The number of hydrogen-bond donors (Lipinski definition) is 2. The number of carbonyl (C=O) groups is 2. The van der Waals surface area contributed by atoms with Crippen molar-refractivity contribution in [1.82, 2.24) is 0 Å². The second kappa shape index (κ2) is 29.4. The molecule has 0 fully saturated rings. The van der Waals surface area contributed by atoms with E-state index in [0.717, 1.165) is 25.7 Å². The largest absolute Gasteiger partial charge is 0.481 e. The summed E-state index contributed by atoms with van der Waals surface area (Å²) in [5, 5.41) is 17.8. The fourth-order valence-electron chi connectivity index (χ4n) is 6.45. The van der Waals surface area contributed by atoms with Crippen LogP contribution in [0.1, 0.15) is 213 Å². The number of carboxylic acids is 2. The molecule has 0 unspecified atom stereocenters. The van der Waals surface area contributed by atoms with E-state index in [4.69, 9.17) is 10.2 Å². The molecule has 0 amide bonds. The first-order valence-electron chi connectivity index (χ1n) is 17.9. The van der Waals surface area contributed by atoms with Gasteiger partial charge in [0.25, 0.3) is 0 Å². The highest BCUT2D eigenvalue weighted by Crippen LogP contribution is 2.42. The molecular formula is C36H70O4. The summed E-state index contributed by atoms with van der Waals surface area (Å²) < 4.78 is 0. The fourth-order valence-corrected chi connectivity index (χ4v) is 6.45. The minimum absolute atomic E-state index is 0.313. The molecule has 40 heavy (non-hydrogen) atoms. The van der Waals surface area contributed by atoms with Gasteiger partial charge in [0.1, 0.15) is 0 Å². The summed E-state index contributed by atoms with van der Waals surface area (Å²) in [6.45, 7) is 4.58. The van der Waals surface area contributed by atoms with Gasteiger partial charge in [0.2, 0.25) is 0 Å². The van der Waals surface area contributed by atoms with Crippen LogP contribution in [0.3, 0.4) is 0 Å². The van der Waals surface area contributed by atoms with E-state index in [0.29, 0.717) is 18.3 Å². The molecule has 0 bridgehead atoms. The van der Waals surface area contributed by atoms with Gasteiger partial charge >= 0.3 is 11.9 Å². The summed E-state index contributed by atoms with van der Waals surface area (Å²) in [7, 11) is 0. The van der Waals surface area contributed by atoms with Crippen molar-refractivity contribution in [3.8, 4) is 0 Å². The minimum atomic E-state index is -0.665. The van der Waals surface area contributed by atoms with Crippen LogP contribution in [0.4, 0.5) is 0 Å². The lowest BCUT2D eigenvalue weighted by molar-refractivity contribution is -0.138. The Hall–Kier alpha value is -1.06. The average molecular weight is 567 g/mol. The molecule has 0 aromatic carbocycles. The Kier molecular flexibility index (Phi) is 28.7. The van der Waals surface area contributed by atoms with Gasteiger partial charge in [0.15, 0.2) is 0 Å². The van der Waals surface area contributed by atoms with Gasteiger partial charge in [0.05, 0.1) is 0 Å². The second-order valence-electron chi connectivity index (χ2n) is 12.9. The lowest BCUT2D eigenvalue weighted by Crippen LogP contribution is -2.21. The summed E-state index contributed by atoms with van der Waals surface area (Å²) in [5.41, 5.74) is 0.480. The van der Waals surface area contributed by atoms with Gasteiger partial charge in [-0.3, -0.25) is 9.59 Å². The predicted octanol–water partition coefficient (Wildman–Crippen LogP) is 12.3. The van der Waals surface area contributed by atoms with Crippen molar-refractivity contribution in [3.63, 3.8) is 0 Å². The minimum Gasteiger partial charge on any atom is -0.481 e. The molecule has 0 aliphatic heterocycles. The van der Waals surface area contributed by atoms with Crippen molar-refractivity contribution in [2.24, 2.45) is 5.41 Å². The first-order valence-corrected chi connectivity index (χ1v) is 17.9. The van der Waals surface area contributed by atoms with Crippen LogP contribution in [0, 0.1) is 5.41 Å². The number of rotatable bonds is 33. The monoisotopic (exact) mass is 567 g/mol. The predicted molar refractivity (Wildman–Crippen MR) is 172 cm³/mol. The van der Waals surface area contributed by atoms with Crippen molar-refractivity contribution >= 4 is 11.9 Å². The van der Waals surface area contributed by atoms with E-state index in [2.05, 4.69) is 13.8 Å². The molecule has 0 heterocycles. The zero-order chi connectivity index (χ0) is 29.6. The molecule has 0 aliphatic rings. The van der Waals surface area contributed by atoms with Crippen molar-refractivity contribution in [1.29, 1.82) is 0 Å². The fraction of sp³-hybridized carbons (Fsp3) is 0.944. The third kappa shape index (κ3) is 27.1. The Morgan fingerprint density at radius 3 is 0.850 bits per heavy atom. The normalized spacial score (nSPS) is 11.8. The van der Waals surface area contributed by atoms with Crippen molar-refractivity contribution in [2.45, 2.75) is 213 Å². The summed E-state index contributed by atoms with van der Waals surface area (Å²) in [6.07, 6.45) is 37.9. The molecule has 0 saturated heterocycles.